The Morgan fingerprint density at radius 3 is 2.07 bits per heavy atom. The second-order valence-corrected chi connectivity index (χ2v) is 6.30. The van der Waals surface area contributed by atoms with E-state index in [-0.39, 0.29) is 23.2 Å². The highest BCUT2D eigenvalue weighted by atomic mass is 32.1. The summed E-state index contributed by atoms with van der Waals surface area (Å²) < 4.78 is 27.9. The minimum Gasteiger partial charge on any atom is -0.758 e. The Morgan fingerprint density at radius 1 is 0.926 bits per heavy atom. The second kappa shape index (κ2) is 8.60. The third-order valence-corrected chi connectivity index (χ3v) is 4.33. The molecule has 0 spiro atoms. The van der Waals surface area contributed by atoms with Gasteiger partial charge >= 0.3 is 0 Å². The van der Waals surface area contributed by atoms with Gasteiger partial charge in [0.2, 0.25) is 11.8 Å². The van der Waals surface area contributed by atoms with E-state index in [1.54, 1.807) is 41.2 Å². The van der Waals surface area contributed by atoms with Crippen LogP contribution in [0.15, 0.2) is 84.1 Å². The number of carbonyl (C=O) groups is 1. The fraction of sp³-hybridized carbons (Fsp3) is 0.0952. The number of aliphatic imine (C=N–C) groups is 1. The van der Waals surface area contributed by atoms with Gasteiger partial charge in [-0.05, 0) is 47.0 Å². The number of aromatic nitrogens is 1. The van der Waals surface area contributed by atoms with Crippen molar-refractivity contribution in [3.05, 3.63) is 102 Å². The molecule has 0 aliphatic rings. The average Bonchev–Trinajstić information content (AvgIpc) is 2.69. The van der Waals surface area contributed by atoms with Crippen LogP contribution in [-0.4, -0.2) is 10.8 Å². The Kier molecular flexibility index (Phi) is 5.98. The summed E-state index contributed by atoms with van der Waals surface area (Å²) in [5.74, 6) is -1.02. The molecule has 3 rings (SSSR count). The molecule has 0 saturated carbocycles. The third-order valence-electron chi connectivity index (χ3n) is 3.98. The maximum Gasteiger partial charge on any atom is 0.237 e. The Labute approximate surface area is 161 Å². The van der Waals surface area contributed by atoms with Gasteiger partial charge in [-0.15, -0.1) is 0 Å². The van der Waals surface area contributed by atoms with E-state index in [0.29, 0.717) is 5.56 Å². The van der Waals surface area contributed by atoms with Crippen molar-refractivity contribution in [2.45, 2.75) is 12.6 Å². The van der Waals surface area contributed by atoms with Crippen molar-refractivity contribution >= 4 is 23.5 Å². The number of pyridine rings is 1. The van der Waals surface area contributed by atoms with Crippen LogP contribution in [0.25, 0.3) is 0 Å². The van der Waals surface area contributed by atoms with Gasteiger partial charge in [0.25, 0.3) is 0 Å². The van der Waals surface area contributed by atoms with Crippen LogP contribution in [0.5, 0.6) is 0 Å². The smallest absolute Gasteiger partial charge is 0.237 e. The molecule has 1 aromatic heterocycles. The Morgan fingerprint density at radius 2 is 1.48 bits per heavy atom. The summed E-state index contributed by atoms with van der Waals surface area (Å²) in [5.41, 5.74) is 1.13. The highest BCUT2D eigenvalue weighted by Crippen LogP contribution is 2.13. The SMILES string of the molecule is O=C(c1ccc(F)cc1)[C@@H](C([S-])=NCc1ccc(F)cc1)[n+]1ccccc1. The van der Waals surface area contributed by atoms with Gasteiger partial charge in [0.15, 0.2) is 12.4 Å². The van der Waals surface area contributed by atoms with Crippen molar-refractivity contribution in [1.82, 2.24) is 0 Å². The molecule has 2 aromatic carbocycles. The van der Waals surface area contributed by atoms with Gasteiger partial charge < -0.3 is 17.6 Å². The van der Waals surface area contributed by atoms with Crippen LogP contribution in [0, 0.1) is 11.6 Å². The first kappa shape index (κ1) is 18.8. The Balaban J connectivity index is 1.91. The molecule has 3 nitrogen and oxygen atoms in total. The lowest BCUT2D eigenvalue weighted by Gasteiger charge is -2.18. The van der Waals surface area contributed by atoms with E-state index >= 15 is 0 Å². The number of Topliss-reactive ketones (excluding diaryl/α,β-unsaturated/α-hetero) is 1. The summed E-state index contributed by atoms with van der Waals surface area (Å²) in [6.45, 7) is 0.236. The first-order chi connectivity index (χ1) is 13.0. The molecule has 0 aliphatic carbocycles. The number of hydrogen-bond acceptors (Lipinski definition) is 3. The van der Waals surface area contributed by atoms with Gasteiger partial charge in [0.1, 0.15) is 11.6 Å². The van der Waals surface area contributed by atoms with Gasteiger partial charge in [-0.2, -0.15) is 4.57 Å². The zero-order valence-electron chi connectivity index (χ0n) is 14.3. The number of benzene rings is 2. The number of ketones is 1. The Hall–Kier alpha value is -2.99. The fourth-order valence-corrected chi connectivity index (χ4v) is 2.87. The van der Waals surface area contributed by atoms with Crippen molar-refractivity contribution in [2.24, 2.45) is 4.99 Å². The van der Waals surface area contributed by atoms with E-state index in [2.05, 4.69) is 4.99 Å². The zero-order valence-corrected chi connectivity index (χ0v) is 15.1. The number of rotatable bonds is 6. The van der Waals surface area contributed by atoms with Gasteiger partial charge in [0.05, 0.1) is 6.54 Å². The van der Waals surface area contributed by atoms with E-state index in [9.17, 15) is 13.6 Å². The molecule has 0 amide bonds. The van der Waals surface area contributed by atoms with Crippen molar-refractivity contribution in [1.29, 1.82) is 0 Å². The standard InChI is InChI=1S/C21H16F2N2OS/c22-17-8-4-15(5-9-17)14-24-21(27)19(25-12-2-1-3-13-25)20(26)16-6-10-18(23)11-7-16/h1-13,19H,14H2/t19-/m0/s1. The van der Waals surface area contributed by atoms with Crippen LogP contribution in [0.1, 0.15) is 22.0 Å². The van der Waals surface area contributed by atoms with E-state index in [0.717, 1.165) is 5.56 Å². The largest absolute Gasteiger partial charge is 0.758 e. The zero-order chi connectivity index (χ0) is 19.2. The lowest BCUT2D eigenvalue weighted by atomic mass is 10.0. The molecule has 27 heavy (non-hydrogen) atoms. The van der Waals surface area contributed by atoms with Crippen LogP contribution in [0.4, 0.5) is 8.78 Å². The predicted molar refractivity (Wildman–Crippen MR) is 101 cm³/mol. The normalized spacial score (nSPS) is 12.6. The molecular weight excluding hydrogens is 366 g/mol. The quantitative estimate of drug-likeness (QED) is 0.213. The van der Waals surface area contributed by atoms with Crippen molar-refractivity contribution in [3.8, 4) is 0 Å². The molecule has 3 aromatic rings. The van der Waals surface area contributed by atoms with E-state index < -0.39 is 11.9 Å². The summed E-state index contributed by atoms with van der Waals surface area (Å²) in [6, 6.07) is 15.8. The lowest BCUT2D eigenvalue weighted by Crippen LogP contribution is -2.47. The summed E-state index contributed by atoms with van der Waals surface area (Å²) in [5, 5.41) is 0.199. The molecule has 1 atom stereocenters. The summed E-state index contributed by atoms with van der Waals surface area (Å²) in [4.78, 5) is 17.4. The fourth-order valence-electron chi connectivity index (χ4n) is 2.58. The number of carbonyl (C=O) groups excluding carboxylic acids is 1. The molecule has 0 N–H and O–H groups in total. The number of hydrogen-bond donors (Lipinski definition) is 0. The lowest BCUT2D eigenvalue weighted by molar-refractivity contribution is -0.691. The second-order valence-electron chi connectivity index (χ2n) is 5.88. The van der Waals surface area contributed by atoms with Crippen molar-refractivity contribution in [3.63, 3.8) is 0 Å². The van der Waals surface area contributed by atoms with Gasteiger partial charge in [-0.3, -0.25) is 4.79 Å². The predicted octanol–water partition coefficient (Wildman–Crippen LogP) is 3.82. The van der Waals surface area contributed by atoms with Crippen molar-refractivity contribution in [2.75, 3.05) is 0 Å². The van der Waals surface area contributed by atoms with Crippen LogP contribution in [-0.2, 0) is 19.2 Å². The number of nitrogens with zero attached hydrogens (tertiary/aromatic N) is 2. The molecule has 0 radical (unpaired) electrons. The Bertz CT molecular complexity index is 942. The highest BCUT2D eigenvalue weighted by Gasteiger charge is 2.28. The molecular formula is C21H16F2N2OS. The first-order valence-electron chi connectivity index (χ1n) is 8.26. The molecule has 0 unspecified atom stereocenters. The van der Waals surface area contributed by atoms with Crippen LogP contribution >= 0.6 is 0 Å². The molecule has 0 saturated heterocycles. The average molecular weight is 382 g/mol. The highest BCUT2D eigenvalue weighted by molar-refractivity contribution is 7.77. The third kappa shape index (κ3) is 4.80. The summed E-state index contributed by atoms with van der Waals surface area (Å²) in [7, 11) is 0. The van der Waals surface area contributed by atoms with Gasteiger partial charge in [0, 0.05) is 17.7 Å². The van der Waals surface area contributed by atoms with Crippen LogP contribution < -0.4 is 4.57 Å². The maximum absolute atomic E-state index is 13.2. The summed E-state index contributed by atoms with van der Waals surface area (Å²) in [6.07, 6.45) is 3.46. The summed E-state index contributed by atoms with van der Waals surface area (Å²) >= 11 is 5.43. The molecule has 0 fully saturated rings. The molecule has 0 aliphatic heterocycles. The first-order valence-corrected chi connectivity index (χ1v) is 8.67. The van der Waals surface area contributed by atoms with Gasteiger partial charge in [-0.1, -0.05) is 18.2 Å². The monoisotopic (exact) mass is 382 g/mol. The van der Waals surface area contributed by atoms with E-state index in [4.69, 9.17) is 12.6 Å². The van der Waals surface area contributed by atoms with Gasteiger partial charge in [-0.25, -0.2) is 8.78 Å². The van der Waals surface area contributed by atoms with Crippen molar-refractivity contribution < 1.29 is 18.1 Å². The minimum atomic E-state index is -0.827. The number of halogens is 2. The van der Waals surface area contributed by atoms with E-state index in [1.807, 2.05) is 6.07 Å². The molecule has 136 valence electrons. The topological polar surface area (TPSA) is 33.3 Å². The maximum atomic E-state index is 13.2. The minimum absolute atomic E-state index is 0.199. The van der Waals surface area contributed by atoms with Crippen LogP contribution in [0.2, 0.25) is 0 Å². The van der Waals surface area contributed by atoms with Crippen LogP contribution in [0.3, 0.4) is 0 Å². The van der Waals surface area contributed by atoms with E-state index in [1.165, 1.54) is 36.4 Å². The molecule has 1 heterocycles. The molecule has 6 heteroatoms. The molecule has 0 bridgehead atoms.